The Labute approximate surface area is 83.7 Å². The maximum Gasteiger partial charge on any atom is 0.127 e. The zero-order valence-corrected chi connectivity index (χ0v) is 8.42. The summed E-state index contributed by atoms with van der Waals surface area (Å²) in [4.78, 5) is 10.5. The van der Waals surface area contributed by atoms with Crippen LogP contribution in [0.2, 0.25) is 0 Å². The summed E-state index contributed by atoms with van der Waals surface area (Å²) in [6.45, 7) is 1.89. The fourth-order valence-electron chi connectivity index (χ4n) is 1.18. The van der Waals surface area contributed by atoms with Crippen LogP contribution in [0.25, 0.3) is 0 Å². The lowest BCUT2D eigenvalue weighted by Crippen LogP contribution is -1.94. The average Bonchev–Trinajstić information content (AvgIpc) is 2.18. The van der Waals surface area contributed by atoms with Gasteiger partial charge in [0, 0.05) is 11.8 Å². The van der Waals surface area contributed by atoms with Gasteiger partial charge >= 0.3 is 0 Å². The van der Waals surface area contributed by atoms with Crippen LogP contribution >= 0.6 is 11.6 Å². The van der Waals surface area contributed by atoms with E-state index in [-0.39, 0.29) is 5.92 Å². The quantitative estimate of drug-likeness (QED) is 0.535. The number of benzene rings is 1. The predicted molar refractivity (Wildman–Crippen MR) is 55.3 cm³/mol. The summed E-state index contributed by atoms with van der Waals surface area (Å²) in [6, 6.07) is 8.03. The van der Waals surface area contributed by atoms with Gasteiger partial charge in [-0.1, -0.05) is 31.2 Å². The van der Waals surface area contributed by atoms with Crippen molar-refractivity contribution in [2.75, 3.05) is 5.88 Å². The second-order valence-electron chi connectivity index (χ2n) is 3.11. The molecule has 0 fully saturated rings. The van der Waals surface area contributed by atoms with Gasteiger partial charge in [0.25, 0.3) is 0 Å². The maximum atomic E-state index is 10.5. The van der Waals surface area contributed by atoms with Gasteiger partial charge in [-0.2, -0.15) is 0 Å². The van der Waals surface area contributed by atoms with Gasteiger partial charge in [0.2, 0.25) is 0 Å². The van der Waals surface area contributed by atoms with Gasteiger partial charge < -0.3 is 4.79 Å². The molecule has 0 aromatic heterocycles. The summed E-state index contributed by atoms with van der Waals surface area (Å²) in [5.74, 6) is 0.632. The molecule has 2 heteroatoms. The maximum absolute atomic E-state index is 10.5. The van der Waals surface area contributed by atoms with E-state index in [1.165, 1.54) is 5.56 Å². The van der Waals surface area contributed by atoms with Gasteiger partial charge in [0.15, 0.2) is 0 Å². The van der Waals surface area contributed by atoms with E-state index < -0.39 is 0 Å². The number of aryl methyl sites for hydroxylation is 1. The Morgan fingerprint density at radius 3 is 2.46 bits per heavy atom. The third-order valence-electron chi connectivity index (χ3n) is 2.09. The summed E-state index contributed by atoms with van der Waals surface area (Å²) < 4.78 is 0. The van der Waals surface area contributed by atoms with Crippen molar-refractivity contribution in [1.29, 1.82) is 0 Å². The van der Waals surface area contributed by atoms with E-state index in [1.54, 1.807) is 0 Å². The molecule has 0 saturated heterocycles. The molecule has 0 aliphatic carbocycles. The molecule has 0 bridgehead atoms. The minimum Gasteiger partial charge on any atom is -0.303 e. The van der Waals surface area contributed by atoms with Gasteiger partial charge in [-0.05, 0) is 17.5 Å². The first-order valence-electron chi connectivity index (χ1n) is 4.38. The van der Waals surface area contributed by atoms with Crippen LogP contribution in [0.1, 0.15) is 24.0 Å². The summed E-state index contributed by atoms with van der Waals surface area (Å²) in [7, 11) is 0. The number of hydrogen-bond acceptors (Lipinski definition) is 1. The molecule has 0 amide bonds. The van der Waals surface area contributed by atoms with Crippen molar-refractivity contribution in [3.05, 3.63) is 35.4 Å². The van der Waals surface area contributed by atoms with Gasteiger partial charge in [-0.25, -0.2) is 0 Å². The third-order valence-corrected chi connectivity index (χ3v) is 2.28. The lowest BCUT2D eigenvalue weighted by atomic mass is 10.0. The molecule has 0 aliphatic rings. The summed E-state index contributed by atoms with van der Waals surface area (Å²) in [5.41, 5.74) is 2.28. The third kappa shape index (κ3) is 2.85. The van der Waals surface area contributed by atoms with E-state index in [0.717, 1.165) is 18.3 Å². The highest BCUT2D eigenvalue weighted by atomic mass is 35.5. The van der Waals surface area contributed by atoms with Gasteiger partial charge in [0.05, 0.1) is 0 Å². The van der Waals surface area contributed by atoms with Crippen LogP contribution in [0, 0.1) is 0 Å². The Bertz CT molecular complexity index is 266. The van der Waals surface area contributed by atoms with Crippen molar-refractivity contribution in [3.63, 3.8) is 0 Å². The van der Waals surface area contributed by atoms with Crippen LogP contribution in [0.15, 0.2) is 24.3 Å². The zero-order chi connectivity index (χ0) is 9.68. The van der Waals surface area contributed by atoms with Crippen LogP contribution in [0.3, 0.4) is 0 Å². The topological polar surface area (TPSA) is 17.1 Å². The number of alkyl halides is 1. The average molecular weight is 197 g/mol. The molecule has 1 aromatic rings. The van der Waals surface area contributed by atoms with Crippen molar-refractivity contribution in [2.45, 2.75) is 19.3 Å². The largest absolute Gasteiger partial charge is 0.303 e. The number of carbonyl (C=O) groups is 1. The number of aldehydes is 1. The first kappa shape index (κ1) is 10.3. The van der Waals surface area contributed by atoms with E-state index in [4.69, 9.17) is 11.6 Å². The fraction of sp³-hybridized carbons (Fsp3) is 0.364. The Kier molecular flexibility index (Phi) is 3.97. The molecule has 0 spiro atoms. The van der Waals surface area contributed by atoms with Crippen LogP contribution in [-0.2, 0) is 11.2 Å². The molecule has 1 atom stereocenters. The molecule has 1 aromatic carbocycles. The minimum atomic E-state index is -0.00921. The predicted octanol–water partition coefficient (Wildman–Crippen LogP) is 2.77. The summed E-state index contributed by atoms with van der Waals surface area (Å²) in [5, 5.41) is 0. The molecule has 1 nitrogen and oxygen atoms in total. The van der Waals surface area contributed by atoms with Crippen molar-refractivity contribution >= 4 is 17.9 Å². The molecule has 70 valence electrons. The van der Waals surface area contributed by atoms with Crippen molar-refractivity contribution in [3.8, 4) is 0 Å². The van der Waals surface area contributed by atoms with Crippen molar-refractivity contribution < 1.29 is 4.79 Å². The zero-order valence-electron chi connectivity index (χ0n) is 7.66. The van der Waals surface area contributed by atoms with Crippen LogP contribution in [0.5, 0.6) is 0 Å². The Hall–Kier alpha value is -0.820. The first-order chi connectivity index (χ1) is 6.27. The highest BCUT2D eigenvalue weighted by Crippen LogP contribution is 2.13. The molecule has 0 saturated carbocycles. The normalized spacial score (nSPS) is 12.5. The molecule has 1 rings (SSSR count). The number of hydrogen-bond donors (Lipinski definition) is 0. The van der Waals surface area contributed by atoms with Gasteiger partial charge in [-0.3, -0.25) is 0 Å². The molecule has 1 unspecified atom stereocenters. The van der Waals surface area contributed by atoms with Crippen molar-refractivity contribution in [1.82, 2.24) is 0 Å². The molecule has 13 heavy (non-hydrogen) atoms. The van der Waals surface area contributed by atoms with E-state index in [9.17, 15) is 4.79 Å². The number of halogens is 1. The highest BCUT2D eigenvalue weighted by molar-refractivity contribution is 6.17. The molecular formula is C11H13ClO. The van der Waals surface area contributed by atoms with Crippen LogP contribution in [-0.4, -0.2) is 12.2 Å². The van der Waals surface area contributed by atoms with Crippen molar-refractivity contribution in [2.24, 2.45) is 0 Å². The number of rotatable bonds is 4. The first-order valence-corrected chi connectivity index (χ1v) is 4.91. The lowest BCUT2D eigenvalue weighted by Gasteiger charge is -2.04. The highest BCUT2D eigenvalue weighted by Gasteiger charge is 2.02. The second kappa shape index (κ2) is 5.03. The monoisotopic (exact) mass is 196 g/mol. The molecule has 0 radical (unpaired) electrons. The van der Waals surface area contributed by atoms with Crippen LogP contribution < -0.4 is 0 Å². The molecular weight excluding hydrogens is 184 g/mol. The van der Waals surface area contributed by atoms with E-state index in [2.05, 4.69) is 0 Å². The van der Waals surface area contributed by atoms with E-state index in [1.807, 2.05) is 31.2 Å². The molecule has 0 heterocycles. The van der Waals surface area contributed by atoms with Gasteiger partial charge in [-0.15, -0.1) is 11.6 Å². The Morgan fingerprint density at radius 2 is 2.00 bits per heavy atom. The lowest BCUT2D eigenvalue weighted by molar-refractivity contribution is -0.108. The van der Waals surface area contributed by atoms with Gasteiger partial charge in [0.1, 0.15) is 6.29 Å². The summed E-state index contributed by atoms with van der Waals surface area (Å²) in [6.07, 6.45) is 1.84. The van der Waals surface area contributed by atoms with E-state index >= 15 is 0 Å². The Balaban J connectivity index is 2.74. The number of carbonyl (C=O) groups excluding carboxylic acids is 1. The minimum absolute atomic E-state index is 0.00921. The second-order valence-corrected chi connectivity index (χ2v) is 3.48. The molecule has 0 aliphatic heterocycles. The van der Waals surface area contributed by atoms with E-state index in [0.29, 0.717) is 5.88 Å². The SMILES string of the molecule is CC(C=O)c1ccc(CCCl)cc1. The summed E-state index contributed by atoms with van der Waals surface area (Å²) >= 11 is 5.61. The molecule has 0 N–H and O–H groups in total. The smallest absolute Gasteiger partial charge is 0.127 e. The fourth-order valence-corrected chi connectivity index (χ4v) is 1.39. The Morgan fingerprint density at radius 1 is 1.38 bits per heavy atom. The van der Waals surface area contributed by atoms with Crippen LogP contribution in [0.4, 0.5) is 0 Å². The standard InChI is InChI=1S/C11H13ClO/c1-9(8-13)11-4-2-10(3-5-11)6-7-12/h2-5,8-9H,6-7H2,1H3.